The number of aromatic amines is 1. The van der Waals surface area contributed by atoms with Gasteiger partial charge in [-0.3, -0.25) is 4.79 Å². The van der Waals surface area contributed by atoms with Crippen molar-refractivity contribution in [3.8, 4) is 16.9 Å². The summed E-state index contributed by atoms with van der Waals surface area (Å²) in [5.41, 5.74) is 4.74. The monoisotopic (exact) mass is 453 g/mol. The van der Waals surface area contributed by atoms with Crippen molar-refractivity contribution in [2.75, 3.05) is 12.4 Å². The van der Waals surface area contributed by atoms with E-state index in [1.807, 2.05) is 13.8 Å². The van der Waals surface area contributed by atoms with Crippen LogP contribution in [0, 0.1) is 19.7 Å². The van der Waals surface area contributed by atoms with Crippen molar-refractivity contribution in [1.82, 2.24) is 19.7 Å². The van der Waals surface area contributed by atoms with Crippen LogP contribution < -0.4 is 5.32 Å². The van der Waals surface area contributed by atoms with Crippen LogP contribution in [0.25, 0.3) is 16.9 Å². The number of hydrogen-bond donors (Lipinski definition) is 2. The van der Waals surface area contributed by atoms with Crippen LogP contribution in [0.3, 0.4) is 0 Å². The first-order valence-electron chi connectivity index (χ1n) is 9.69. The Kier molecular flexibility index (Phi) is 5.87. The molecule has 0 atom stereocenters. The second-order valence-electron chi connectivity index (χ2n) is 7.09. The van der Waals surface area contributed by atoms with Gasteiger partial charge in [0, 0.05) is 28.4 Å². The molecular formula is C22H20FN5O3S. The maximum atomic E-state index is 13.2. The first kappa shape index (κ1) is 21.4. The van der Waals surface area contributed by atoms with Crippen LogP contribution in [0.2, 0.25) is 0 Å². The van der Waals surface area contributed by atoms with Gasteiger partial charge in [-0.1, -0.05) is 0 Å². The van der Waals surface area contributed by atoms with Crippen molar-refractivity contribution in [3.05, 3.63) is 70.4 Å². The van der Waals surface area contributed by atoms with Gasteiger partial charge >= 0.3 is 5.97 Å². The zero-order valence-electron chi connectivity index (χ0n) is 17.6. The summed E-state index contributed by atoms with van der Waals surface area (Å²) in [4.78, 5) is 31.5. The van der Waals surface area contributed by atoms with Gasteiger partial charge in [0.2, 0.25) is 5.91 Å². The lowest BCUT2D eigenvalue weighted by molar-refractivity contribution is -0.115. The van der Waals surface area contributed by atoms with Gasteiger partial charge in [-0.2, -0.15) is 5.10 Å². The zero-order chi connectivity index (χ0) is 22.8. The molecular weight excluding hydrogens is 433 g/mol. The number of aryl methyl sites for hydroxylation is 1. The summed E-state index contributed by atoms with van der Waals surface area (Å²) in [6, 6.07) is 7.67. The molecule has 32 heavy (non-hydrogen) atoms. The number of nitrogens with one attached hydrogen (secondary N) is 2. The van der Waals surface area contributed by atoms with Crippen LogP contribution in [-0.2, 0) is 16.0 Å². The van der Waals surface area contributed by atoms with Crippen molar-refractivity contribution < 1.29 is 18.7 Å². The highest BCUT2D eigenvalue weighted by molar-refractivity contribution is 7.14. The lowest BCUT2D eigenvalue weighted by Gasteiger charge is -2.06. The normalized spacial score (nSPS) is 10.9. The molecule has 1 aromatic carbocycles. The maximum Gasteiger partial charge on any atom is 0.354 e. The van der Waals surface area contributed by atoms with Crippen LogP contribution >= 0.6 is 11.3 Å². The Morgan fingerprint density at radius 3 is 2.72 bits per heavy atom. The Balaban J connectivity index is 1.46. The van der Waals surface area contributed by atoms with E-state index < -0.39 is 5.97 Å². The standard InChI is InChI=1S/C22H20FN5O3S/c1-12-17(13(2)28(27-12)16-6-4-15(23)5-7-16)9-20(29)26-22-25-19(11-32-22)14-8-18(24-10-14)21(30)31-3/h4-8,10-11,24H,9H2,1-3H3,(H,25,26,29). The van der Waals surface area contributed by atoms with Gasteiger partial charge in [0.05, 0.1) is 30.6 Å². The van der Waals surface area contributed by atoms with E-state index in [4.69, 9.17) is 0 Å². The Labute approximate surface area is 187 Å². The number of aromatic nitrogens is 4. The predicted molar refractivity (Wildman–Crippen MR) is 119 cm³/mol. The SMILES string of the molecule is COC(=O)c1cc(-c2csc(NC(=O)Cc3c(C)nn(-c4ccc(F)cc4)c3C)n2)c[nH]1. The van der Waals surface area contributed by atoms with E-state index in [2.05, 4.69) is 25.1 Å². The molecule has 10 heteroatoms. The highest BCUT2D eigenvalue weighted by Crippen LogP contribution is 2.26. The van der Waals surface area contributed by atoms with Gasteiger partial charge in [-0.05, 0) is 44.2 Å². The Morgan fingerprint density at radius 1 is 1.25 bits per heavy atom. The quantitative estimate of drug-likeness (QED) is 0.429. The Morgan fingerprint density at radius 2 is 2.00 bits per heavy atom. The largest absolute Gasteiger partial charge is 0.464 e. The summed E-state index contributed by atoms with van der Waals surface area (Å²) in [6.07, 6.45) is 1.79. The third-order valence-corrected chi connectivity index (χ3v) is 5.74. The van der Waals surface area contributed by atoms with E-state index in [1.165, 1.54) is 30.6 Å². The Bertz CT molecular complexity index is 1290. The van der Waals surface area contributed by atoms with Crippen molar-refractivity contribution in [2.45, 2.75) is 20.3 Å². The second kappa shape index (κ2) is 8.75. The summed E-state index contributed by atoms with van der Waals surface area (Å²) in [5.74, 6) is -1.01. The molecule has 1 amide bonds. The number of ether oxygens (including phenoxy) is 1. The first-order valence-corrected chi connectivity index (χ1v) is 10.6. The molecule has 4 rings (SSSR count). The van der Waals surface area contributed by atoms with Crippen molar-refractivity contribution in [1.29, 1.82) is 0 Å². The number of amides is 1. The summed E-state index contributed by atoms with van der Waals surface area (Å²) in [6.45, 7) is 3.71. The predicted octanol–water partition coefficient (Wildman–Crippen LogP) is 4.05. The van der Waals surface area contributed by atoms with E-state index >= 15 is 0 Å². The molecule has 0 bridgehead atoms. The second-order valence-corrected chi connectivity index (χ2v) is 7.95. The van der Waals surface area contributed by atoms with Crippen molar-refractivity contribution >= 4 is 28.3 Å². The number of nitrogens with zero attached hydrogens (tertiary/aromatic N) is 3. The summed E-state index contributed by atoms with van der Waals surface area (Å²) in [7, 11) is 1.31. The average Bonchev–Trinajstić information content (AvgIpc) is 3.50. The number of thiazole rings is 1. The van der Waals surface area contributed by atoms with Crippen LogP contribution in [0.15, 0.2) is 41.9 Å². The van der Waals surface area contributed by atoms with E-state index in [9.17, 15) is 14.0 Å². The highest BCUT2D eigenvalue weighted by atomic mass is 32.1. The number of rotatable bonds is 6. The van der Waals surface area contributed by atoms with Gasteiger partial charge in [-0.25, -0.2) is 18.9 Å². The molecule has 3 heterocycles. The minimum atomic E-state index is -0.466. The minimum absolute atomic E-state index is 0.129. The number of carbonyl (C=O) groups is 2. The van der Waals surface area contributed by atoms with Crippen LogP contribution in [-0.4, -0.2) is 38.7 Å². The van der Waals surface area contributed by atoms with Gasteiger partial charge in [0.1, 0.15) is 11.5 Å². The molecule has 2 N–H and O–H groups in total. The molecule has 0 spiro atoms. The number of halogens is 1. The van der Waals surface area contributed by atoms with E-state index in [0.29, 0.717) is 16.5 Å². The molecule has 4 aromatic rings. The third kappa shape index (κ3) is 4.30. The number of esters is 1. The summed E-state index contributed by atoms with van der Waals surface area (Å²) >= 11 is 1.29. The number of methoxy groups -OCH3 is 1. The number of benzene rings is 1. The third-order valence-electron chi connectivity index (χ3n) is 4.98. The van der Waals surface area contributed by atoms with E-state index in [-0.39, 0.29) is 18.1 Å². The summed E-state index contributed by atoms with van der Waals surface area (Å²) < 4.78 is 19.6. The number of anilines is 1. The molecule has 0 unspecified atom stereocenters. The molecule has 0 saturated heterocycles. The molecule has 8 nitrogen and oxygen atoms in total. The molecule has 0 aliphatic rings. The number of hydrogen-bond acceptors (Lipinski definition) is 6. The lowest BCUT2D eigenvalue weighted by atomic mass is 10.1. The van der Waals surface area contributed by atoms with Gasteiger partial charge < -0.3 is 15.0 Å². The molecule has 0 fully saturated rings. The topological polar surface area (TPSA) is 102 Å². The number of carbonyl (C=O) groups excluding carboxylic acids is 2. The van der Waals surface area contributed by atoms with E-state index in [1.54, 1.807) is 34.5 Å². The van der Waals surface area contributed by atoms with Gasteiger partial charge in [0.15, 0.2) is 5.13 Å². The molecule has 0 radical (unpaired) electrons. The Hall–Kier alpha value is -3.79. The molecule has 164 valence electrons. The summed E-state index contributed by atoms with van der Waals surface area (Å²) in [5, 5.41) is 9.56. The fourth-order valence-corrected chi connectivity index (χ4v) is 4.06. The smallest absolute Gasteiger partial charge is 0.354 e. The van der Waals surface area contributed by atoms with Crippen molar-refractivity contribution in [3.63, 3.8) is 0 Å². The molecule has 0 aliphatic carbocycles. The lowest BCUT2D eigenvalue weighted by Crippen LogP contribution is -2.15. The molecule has 0 aliphatic heterocycles. The average molecular weight is 453 g/mol. The van der Waals surface area contributed by atoms with Crippen LogP contribution in [0.4, 0.5) is 9.52 Å². The van der Waals surface area contributed by atoms with Gasteiger partial charge in [0.25, 0.3) is 0 Å². The number of H-pyrrole nitrogens is 1. The zero-order valence-corrected chi connectivity index (χ0v) is 18.4. The molecule has 3 aromatic heterocycles. The first-order chi connectivity index (χ1) is 15.4. The van der Waals surface area contributed by atoms with Crippen LogP contribution in [0.5, 0.6) is 0 Å². The van der Waals surface area contributed by atoms with Crippen molar-refractivity contribution in [2.24, 2.45) is 0 Å². The van der Waals surface area contributed by atoms with E-state index in [0.717, 1.165) is 28.2 Å². The highest BCUT2D eigenvalue weighted by Gasteiger charge is 2.18. The fraction of sp³-hybridized carbons (Fsp3) is 0.182. The maximum absolute atomic E-state index is 13.2. The van der Waals surface area contributed by atoms with Crippen LogP contribution in [0.1, 0.15) is 27.4 Å². The molecule has 0 saturated carbocycles. The fourth-order valence-electron chi connectivity index (χ4n) is 3.32. The minimum Gasteiger partial charge on any atom is -0.464 e. The van der Waals surface area contributed by atoms with Gasteiger partial charge in [-0.15, -0.1) is 11.3 Å².